The first-order valence-corrected chi connectivity index (χ1v) is 7.51. The monoisotopic (exact) mass is 325 g/mol. The van der Waals surface area contributed by atoms with Gasteiger partial charge in [-0.3, -0.25) is 10.1 Å². The molecule has 0 radical (unpaired) electrons. The Morgan fingerprint density at radius 2 is 2.09 bits per heavy atom. The van der Waals surface area contributed by atoms with Gasteiger partial charge >= 0.3 is 11.8 Å². The minimum Gasteiger partial charge on any atom is -0.444 e. The molecule has 1 unspecified atom stereocenters. The van der Waals surface area contributed by atoms with Gasteiger partial charge in [-0.25, -0.2) is 9.48 Å². The summed E-state index contributed by atoms with van der Waals surface area (Å²) in [6, 6.07) is -0.0784. The van der Waals surface area contributed by atoms with Crippen LogP contribution in [0.25, 0.3) is 0 Å². The van der Waals surface area contributed by atoms with E-state index in [1.807, 2.05) is 32.6 Å². The van der Waals surface area contributed by atoms with Crippen LogP contribution in [0.3, 0.4) is 0 Å². The van der Waals surface area contributed by atoms with E-state index in [0.717, 1.165) is 0 Å². The molecule has 0 spiro atoms. The van der Waals surface area contributed by atoms with Crippen molar-refractivity contribution in [1.82, 2.24) is 14.7 Å². The van der Waals surface area contributed by atoms with Gasteiger partial charge in [0.05, 0.1) is 4.92 Å². The van der Waals surface area contributed by atoms with Gasteiger partial charge in [0.1, 0.15) is 11.8 Å². The number of hydrogen-bond donors (Lipinski definition) is 0. The van der Waals surface area contributed by atoms with Crippen LogP contribution in [-0.4, -0.2) is 57.0 Å². The van der Waals surface area contributed by atoms with Gasteiger partial charge in [0.15, 0.2) is 0 Å². The summed E-state index contributed by atoms with van der Waals surface area (Å²) in [4.78, 5) is 26.4. The number of piperazine rings is 1. The Morgan fingerprint density at radius 3 is 2.61 bits per heavy atom. The van der Waals surface area contributed by atoms with Crippen LogP contribution >= 0.6 is 0 Å². The smallest absolute Gasteiger partial charge is 0.410 e. The highest BCUT2D eigenvalue weighted by Crippen LogP contribution is 2.30. The topological polar surface area (TPSA) is 93.7 Å². The highest BCUT2D eigenvalue weighted by atomic mass is 16.6. The zero-order chi connectivity index (χ0) is 17.4. The zero-order valence-electron chi connectivity index (χ0n) is 14.1. The molecular weight excluding hydrogens is 302 g/mol. The van der Waals surface area contributed by atoms with Gasteiger partial charge in [0, 0.05) is 32.7 Å². The van der Waals surface area contributed by atoms with Crippen molar-refractivity contribution in [2.24, 2.45) is 7.05 Å². The van der Waals surface area contributed by atoms with Crippen LogP contribution in [0.5, 0.6) is 0 Å². The lowest BCUT2D eigenvalue weighted by Gasteiger charge is -2.40. The number of nitro groups is 1. The van der Waals surface area contributed by atoms with E-state index < -0.39 is 10.5 Å². The lowest BCUT2D eigenvalue weighted by molar-refractivity contribution is -0.384. The zero-order valence-corrected chi connectivity index (χ0v) is 14.1. The van der Waals surface area contributed by atoms with Crippen LogP contribution in [0.4, 0.5) is 16.3 Å². The van der Waals surface area contributed by atoms with Crippen molar-refractivity contribution >= 4 is 17.6 Å². The Morgan fingerprint density at radius 1 is 1.43 bits per heavy atom. The third-order valence-electron chi connectivity index (χ3n) is 3.64. The second kappa shape index (κ2) is 6.05. The molecule has 0 aliphatic carbocycles. The maximum absolute atomic E-state index is 12.2. The molecule has 0 aromatic carbocycles. The van der Waals surface area contributed by atoms with Crippen molar-refractivity contribution < 1.29 is 14.5 Å². The lowest BCUT2D eigenvalue weighted by Crippen LogP contribution is -2.55. The fraction of sp³-hybridized carbons (Fsp3) is 0.714. The molecule has 9 heteroatoms. The first-order chi connectivity index (χ1) is 10.6. The molecular formula is C14H23N5O4. The van der Waals surface area contributed by atoms with E-state index in [9.17, 15) is 14.9 Å². The van der Waals surface area contributed by atoms with E-state index in [0.29, 0.717) is 25.5 Å². The summed E-state index contributed by atoms with van der Waals surface area (Å²) in [6.45, 7) is 8.77. The van der Waals surface area contributed by atoms with E-state index in [2.05, 4.69) is 5.10 Å². The van der Waals surface area contributed by atoms with Gasteiger partial charge in [-0.1, -0.05) is 0 Å². The summed E-state index contributed by atoms with van der Waals surface area (Å²) in [5.41, 5.74) is -0.566. The second-order valence-corrected chi connectivity index (χ2v) is 6.70. The standard InChI is InChI=1S/C14H23N5O4/c1-10-9-17(13(20)23-14(2,3)4)6-7-18(10)12-11(19(21)22)8-15-16(12)5/h8,10H,6-7,9H2,1-5H3. The van der Waals surface area contributed by atoms with Crippen LogP contribution < -0.4 is 4.90 Å². The highest BCUT2D eigenvalue weighted by molar-refractivity contribution is 5.69. The number of amides is 1. The molecule has 1 aliphatic heterocycles. The molecule has 2 rings (SSSR count). The normalized spacial score (nSPS) is 18.9. The summed E-state index contributed by atoms with van der Waals surface area (Å²) in [6.07, 6.45) is 0.894. The second-order valence-electron chi connectivity index (χ2n) is 6.70. The number of ether oxygens (including phenoxy) is 1. The van der Waals surface area contributed by atoms with Gasteiger partial charge in [0.25, 0.3) is 0 Å². The van der Waals surface area contributed by atoms with Gasteiger partial charge in [-0.15, -0.1) is 0 Å². The molecule has 1 fully saturated rings. The number of aryl methyl sites for hydroxylation is 1. The summed E-state index contributed by atoms with van der Waals surface area (Å²) < 4.78 is 6.88. The molecule has 23 heavy (non-hydrogen) atoms. The maximum atomic E-state index is 12.2. The van der Waals surface area contributed by atoms with Gasteiger partial charge in [-0.05, 0) is 27.7 Å². The van der Waals surface area contributed by atoms with Gasteiger partial charge < -0.3 is 14.5 Å². The summed E-state index contributed by atoms with van der Waals surface area (Å²) >= 11 is 0. The van der Waals surface area contributed by atoms with Crippen molar-refractivity contribution in [1.29, 1.82) is 0 Å². The van der Waals surface area contributed by atoms with E-state index in [1.54, 1.807) is 11.9 Å². The highest BCUT2D eigenvalue weighted by Gasteiger charge is 2.34. The Labute approximate surface area is 134 Å². The molecule has 9 nitrogen and oxygen atoms in total. The van der Waals surface area contributed by atoms with Crippen molar-refractivity contribution in [2.75, 3.05) is 24.5 Å². The van der Waals surface area contributed by atoms with Crippen molar-refractivity contribution in [3.05, 3.63) is 16.3 Å². The van der Waals surface area contributed by atoms with Crippen LogP contribution in [0.15, 0.2) is 6.20 Å². The van der Waals surface area contributed by atoms with E-state index in [1.165, 1.54) is 10.9 Å². The van der Waals surface area contributed by atoms with Crippen molar-refractivity contribution in [3.8, 4) is 0 Å². The predicted molar refractivity (Wildman–Crippen MR) is 84.5 cm³/mol. The first kappa shape index (κ1) is 17.0. The average Bonchev–Trinajstić information content (AvgIpc) is 2.78. The summed E-state index contributed by atoms with van der Waals surface area (Å²) in [5.74, 6) is 0.464. The summed E-state index contributed by atoms with van der Waals surface area (Å²) in [5, 5.41) is 15.1. The number of carbonyl (C=O) groups is 1. The molecule has 1 aromatic rings. The molecule has 1 aliphatic rings. The van der Waals surface area contributed by atoms with Crippen molar-refractivity contribution in [3.63, 3.8) is 0 Å². The molecule has 128 valence electrons. The quantitative estimate of drug-likeness (QED) is 0.607. The molecule has 1 amide bonds. The van der Waals surface area contributed by atoms with E-state index >= 15 is 0 Å². The minimum absolute atomic E-state index is 0.0231. The molecule has 0 bridgehead atoms. The predicted octanol–water partition coefficient (Wildman–Crippen LogP) is 1.77. The number of anilines is 1. The molecule has 2 heterocycles. The van der Waals surface area contributed by atoms with Crippen LogP contribution in [0, 0.1) is 10.1 Å². The lowest BCUT2D eigenvalue weighted by atomic mass is 10.2. The fourth-order valence-electron chi connectivity index (χ4n) is 2.65. The largest absolute Gasteiger partial charge is 0.444 e. The number of carbonyl (C=O) groups excluding carboxylic acids is 1. The van der Waals surface area contributed by atoms with Crippen LogP contribution in [-0.2, 0) is 11.8 Å². The SMILES string of the molecule is CC1CN(C(=O)OC(C)(C)C)CCN1c1c([N+](=O)[O-])cnn1C. The average molecular weight is 325 g/mol. The first-order valence-electron chi connectivity index (χ1n) is 7.51. The number of rotatable bonds is 2. The molecule has 1 atom stereocenters. The van der Waals surface area contributed by atoms with Crippen LogP contribution in [0.2, 0.25) is 0 Å². The van der Waals surface area contributed by atoms with Crippen molar-refractivity contribution in [2.45, 2.75) is 39.3 Å². The fourth-order valence-corrected chi connectivity index (χ4v) is 2.65. The maximum Gasteiger partial charge on any atom is 0.410 e. The molecule has 1 saturated heterocycles. The van der Waals surface area contributed by atoms with E-state index in [-0.39, 0.29) is 17.8 Å². The number of hydrogen-bond acceptors (Lipinski definition) is 6. The summed E-state index contributed by atoms with van der Waals surface area (Å²) in [7, 11) is 1.68. The molecule has 0 N–H and O–H groups in total. The Balaban J connectivity index is 2.12. The molecule has 1 aromatic heterocycles. The Hall–Kier alpha value is -2.32. The third kappa shape index (κ3) is 3.72. The van der Waals surface area contributed by atoms with Crippen LogP contribution in [0.1, 0.15) is 27.7 Å². The Kier molecular flexibility index (Phi) is 4.49. The molecule has 0 saturated carbocycles. The van der Waals surface area contributed by atoms with Gasteiger partial charge in [0.2, 0.25) is 5.82 Å². The van der Waals surface area contributed by atoms with Gasteiger partial charge in [-0.2, -0.15) is 5.10 Å². The Bertz CT molecular complexity index is 607. The minimum atomic E-state index is -0.543. The number of aromatic nitrogens is 2. The third-order valence-corrected chi connectivity index (χ3v) is 3.64. The van der Waals surface area contributed by atoms with E-state index in [4.69, 9.17) is 4.74 Å². The number of nitrogens with zero attached hydrogens (tertiary/aromatic N) is 5.